The minimum absolute atomic E-state index is 0.0169. The van der Waals surface area contributed by atoms with Crippen LogP contribution >= 0.6 is 0 Å². The molecule has 3 N–H and O–H groups in total. The predicted octanol–water partition coefficient (Wildman–Crippen LogP) is 1.04. The summed E-state index contributed by atoms with van der Waals surface area (Å²) in [6, 6.07) is 0. The van der Waals surface area contributed by atoms with Crippen molar-refractivity contribution >= 4 is 0 Å². The zero-order valence-corrected chi connectivity index (χ0v) is 9.87. The summed E-state index contributed by atoms with van der Waals surface area (Å²) in [4.78, 5) is 4.37. The summed E-state index contributed by atoms with van der Waals surface area (Å²) in [5, 5.41) is 7.03. The van der Waals surface area contributed by atoms with Gasteiger partial charge in [0.15, 0.2) is 5.82 Å². The fourth-order valence-electron chi connectivity index (χ4n) is 1.52. The van der Waals surface area contributed by atoms with Crippen LogP contribution in [0.25, 0.3) is 0 Å². The van der Waals surface area contributed by atoms with Crippen molar-refractivity contribution in [2.45, 2.75) is 33.3 Å². The third-order valence-electron chi connectivity index (χ3n) is 2.19. The molecule has 1 aromatic rings. The van der Waals surface area contributed by atoms with Gasteiger partial charge in [0.05, 0.1) is 0 Å². The second-order valence-corrected chi connectivity index (χ2v) is 4.66. The summed E-state index contributed by atoms with van der Waals surface area (Å²) >= 11 is 0. The topological polar surface area (TPSA) is 76.8 Å². The number of rotatable bonds is 4. The van der Waals surface area contributed by atoms with Gasteiger partial charge in [-0.2, -0.15) is 5.10 Å². The van der Waals surface area contributed by atoms with Crippen molar-refractivity contribution in [2.75, 3.05) is 13.7 Å². The largest absolute Gasteiger partial charge is 0.373 e. The molecule has 1 unspecified atom stereocenters. The van der Waals surface area contributed by atoms with Crippen LogP contribution in [-0.4, -0.2) is 28.8 Å². The Morgan fingerprint density at radius 2 is 2.13 bits per heavy atom. The van der Waals surface area contributed by atoms with E-state index in [9.17, 15) is 0 Å². The maximum absolute atomic E-state index is 5.45. The van der Waals surface area contributed by atoms with Crippen LogP contribution < -0.4 is 5.73 Å². The van der Waals surface area contributed by atoms with Gasteiger partial charge < -0.3 is 10.5 Å². The smallest absolute Gasteiger partial charge is 0.179 e. The Morgan fingerprint density at radius 1 is 1.47 bits per heavy atom. The molecule has 0 amide bonds. The molecule has 0 aliphatic rings. The Bertz CT molecular complexity index is 303. The molecule has 1 aromatic heterocycles. The summed E-state index contributed by atoms with van der Waals surface area (Å²) in [7, 11) is 1.68. The molecule has 0 aromatic carbocycles. The van der Waals surface area contributed by atoms with Crippen LogP contribution in [0.4, 0.5) is 0 Å². The highest BCUT2D eigenvalue weighted by molar-refractivity contribution is 4.98. The van der Waals surface area contributed by atoms with E-state index in [-0.39, 0.29) is 11.5 Å². The van der Waals surface area contributed by atoms with E-state index in [1.165, 1.54) is 0 Å². The summed E-state index contributed by atoms with van der Waals surface area (Å²) < 4.78 is 5.42. The second-order valence-electron chi connectivity index (χ2n) is 4.66. The van der Waals surface area contributed by atoms with Crippen molar-refractivity contribution in [1.82, 2.24) is 15.2 Å². The molecule has 0 bridgehead atoms. The number of nitrogens with one attached hydrogen (secondary N) is 1. The molecule has 0 saturated heterocycles. The van der Waals surface area contributed by atoms with E-state index in [1.54, 1.807) is 7.11 Å². The number of aromatic amines is 1. The van der Waals surface area contributed by atoms with Gasteiger partial charge >= 0.3 is 0 Å². The molecule has 5 heteroatoms. The van der Waals surface area contributed by atoms with Gasteiger partial charge in [0, 0.05) is 13.5 Å². The summed E-state index contributed by atoms with van der Waals surface area (Å²) in [6.07, 6.45) is 0.619. The predicted molar refractivity (Wildman–Crippen MR) is 58.3 cm³/mol. The maximum Gasteiger partial charge on any atom is 0.179 e. The van der Waals surface area contributed by atoms with E-state index in [0.717, 1.165) is 5.82 Å². The number of methoxy groups -OCH3 is 1. The standard InChI is InChI=1S/C10H20N4O/c1-10(2,3)8(15-4)9-12-7(5-6-11)13-14-9/h8H,5-6,11H2,1-4H3,(H,12,13,14). The summed E-state index contributed by atoms with van der Waals surface area (Å²) in [5.41, 5.74) is 5.43. The van der Waals surface area contributed by atoms with Crippen molar-refractivity contribution in [3.63, 3.8) is 0 Å². The average Bonchev–Trinajstić information content (AvgIpc) is 2.52. The first-order valence-electron chi connectivity index (χ1n) is 5.13. The van der Waals surface area contributed by atoms with Crippen molar-refractivity contribution < 1.29 is 4.74 Å². The normalized spacial score (nSPS) is 14.2. The van der Waals surface area contributed by atoms with Gasteiger partial charge in [-0.1, -0.05) is 20.8 Å². The molecule has 0 spiro atoms. The van der Waals surface area contributed by atoms with Gasteiger partial charge in [-0.05, 0) is 12.0 Å². The van der Waals surface area contributed by atoms with Crippen LogP contribution in [0.3, 0.4) is 0 Å². The van der Waals surface area contributed by atoms with Gasteiger partial charge in [0.2, 0.25) is 0 Å². The summed E-state index contributed by atoms with van der Waals surface area (Å²) in [6.45, 7) is 6.86. The van der Waals surface area contributed by atoms with E-state index in [4.69, 9.17) is 10.5 Å². The zero-order chi connectivity index (χ0) is 11.5. The van der Waals surface area contributed by atoms with Crippen LogP contribution in [0, 0.1) is 5.41 Å². The molecule has 1 heterocycles. The second kappa shape index (κ2) is 4.72. The van der Waals surface area contributed by atoms with Crippen molar-refractivity contribution in [1.29, 1.82) is 0 Å². The van der Waals surface area contributed by atoms with Crippen molar-refractivity contribution in [3.8, 4) is 0 Å². The molecule has 0 saturated carbocycles. The number of aromatic nitrogens is 3. The number of H-pyrrole nitrogens is 1. The fraction of sp³-hybridized carbons (Fsp3) is 0.800. The van der Waals surface area contributed by atoms with Gasteiger partial charge in [0.1, 0.15) is 11.9 Å². The molecule has 1 atom stereocenters. The Balaban J connectivity index is 2.83. The molecule has 15 heavy (non-hydrogen) atoms. The lowest BCUT2D eigenvalue weighted by Gasteiger charge is -2.26. The minimum Gasteiger partial charge on any atom is -0.373 e. The molecule has 1 rings (SSSR count). The highest BCUT2D eigenvalue weighted by Crippen LogP contribution is 2.33. The molecule has 5 nitrogen and oxygen atoms in total. The van der Waals surface area contributed by atoms with Crippen LogP contribution in [0.15, 0.2) is 0 Å². The van der Waals surface area contributed by atoms with E-state index < -0.39 is 0 Å². The zero-order valence-electron chi connectivity index (χ0n) is 9.87. The lowest BCUT2D eigenvalue weighted by Crippen LogP contribution is -2.21. The number of nitrogens with two attached hydrogens (primary N) is 1. The summed E-state index contributed by atoms with van der Waals surface area (Å²) in [5.74, 6) is 1.52. The van der Waals surface area contributed by atoms with Crippen LogP contribution in [0.5, 0.6) is 0 Å². The maximum atomic E-state index is 5.45. The first-order chi connectivity index (χ1) is 6.99. The fourth-order valence-corrected chi connectivity index (χ4v) is 1.52. The van der Waals surface area contributed by atoms with Crippen molar-refractivity contribution in [3.05, 3.63) is 11.6 Å². The highest BCUT2D eigenvalue weighted by Gasteiger charge is 2.29. The lowest BCUT2D eigenvalue weighted by molar-refractivity contribution is 0.00888. The number of hydrogen-bond donors (Lipinski definition) is 2. The van der Waals surface area contributed by atoms with Gasteiger partial charge in [-0.25, -0.2) is 4.98 Å². The van der Waals surface area contributed by atoms with E-state index >= 15 is 0 Å². The first-order valence-corrected chi connectivity index (χ1v) is 5.13. The van der Waals surface area contributed by atoms with Gasteiger partial charge in [0.25, 0.3) is 0 Å². The van der Waals surface area contributed by atoms with Crippen LogP contribution in [0.1, 0.15) is 38.5 Å². The number of nitrogens with zero attached hydrogens (tertiary/aromatic N) is 2. The Labute approximate surface area is 90.4 Å². The quantitative estimate of drug-likeness (QED) is 0.781. The average molecular weight is 212 g/mol. The van der Waals surface area contributed by atoms with E-state index in [2.05, 4.69) is 36.0 Å². The third kappa shape index (κ3) is 3.00. The SMILES string of the molecule is COC(c1n[nH]c(CCN)n1)C(C)(C)C. The number of hydrogen-bond acceptors (Lipinski definition) is 4. The van der Waals surface area contributed by atoms with E-state index in [0.29, 0.717) is 18.8 Å². The molecule has 0 radical (unpaired) electrons. The van der Waals surface area contributed by atoms with Gasteiger partial charge in [-0.15, -0.1) is 0 Å². The van der Waals surface area contributed by atoms with Crippen LogP contribution in [-0.2, 0) is 11.2 Å². The Morgan fingerprint density at radius 3 is 2.60 bits per heavy atom. The Hall–Kier alpha value is -0.940. The molecule has 0 aliphatic heterocycles. The monoisotopic (exact) mass is 212 g/mol. The van der Waals surface area contributed by atoms with Gasteiger partial charge in [-0.3, -0.25) is 5.10 Å². The highest BCUT2D eigenvalue weighted by atomic mass is 16.5. The van der Waals surface area contributed by atoms with E-state index in [1.807, 2.05) is 0 Å². The first kappa shape index (κ1) is 12.1. The Kier molecular flexibility index (Phi) is 3.82. The number of ether oxygens (including phenoxy) is 1. The minimum atomic E-state index is -0.0970. The molecule has 86 valence electrons. The lowest BCUT2D eigenvalue weighted by atomic mass is 9.88. The van der Waals surface area contributed by atoms with Crippen molar-refractivity contribution in [2.24, 2.45) is 11.1 Å². The molecule has 0 fully saturated rings. The molecular formula is C10H20N4O. The third-order valence-corrected chi connectivity index (χ3v) is 2.19. The van der Waals surface area contributed by atoms with Crippen LogP contribution in [0.2, 0.25) is 0 Å². The molecule has 0 aliphatic carbocycles. The molecular weight excluding hydrogens is 192 g/mol.